The molecular weight excluding hydrogens is 499 g/mol. The fourth-order valence-electron chi connectivity index (χ4n) is 3.86. The summed E-state index contributed by atoms with van der Waals surface area (Å²) in [4.78, 5) is 26.3. The number of rotatable bonds is 6. The van der Waals surface area contributed by atoms with Crippen LogP contribution in [0, 0.1) is 13.8 Å². The summed E-state index contributed by atoms with van der Waals surface area (Å²) in [7, 11) is 0. The summed E-state index contributed by atoms with van der Waals surface area (Å²) < 4.78 is 96.4. The molecule has 2 aromatic rings. The second-order valence-corrected chi connectivity index (χ2v) is 8.24. The number of anilines is 1. The Bertz CT molecular complexity index is 1200. The number of amides is 2. The van der Waals surface area contributed by atoms with E-state index < -0.39 is 29.8 Å². The standard InChI is InChI=1S/C23H22F7N3O3/c1-4-33(14-8-5-7-12(2)11-14)19(34)18-13(3)17-15(9-6-10-16(17)36-18)31-32-20(35)21(24,25)22(26,27)23(28,29)30/h5,7-8,11H,4,6,9-10H2,1-3H3,(H,32,35)/b31-15+. The van der Waals surface area contributed by atoms with Crippen LogP contribution in [-0.4, -0.2) is 42.1 Å². The number of benzene rings is 1. The zero-order valence-electron chi connectivity index (χ0n) is 19.4. The van der Waals surface area contributed by atoms with Gasteiger partial charge in [-0.05, 0) is 51.3 Å². The Labute approximate surface area is 201 Å². The highest BCUT2D eigenvalue weighted by molar-refractivity contribution is 6.10. The van der Waals surface area contributed by atoms with Gasteiger partial charge in [-0.2, -0.15) is 35.8 Å². The molecule has 13 heteroatoms. The molecule has 0 saturated heterocycles. The van der Waals surface area contributed by atoms with E-state index in [4.69, 9.17) is 4.42 Å². The fourth-order valence-corrected chi connectivity index (χ4v) is 3.86. The van der Waals surface area contributed by atoms with Crippen LogP contribution in [0.3, 0.4) is 0 Å². The second-order valence-electron chi connectivity index (χ2n) is 8.24. The summed E-state index contributed by atoms with van der Waals surface area (Å²) in [5.41, 5.74) is 3.02. The van der Waals surface area contributed by atoms with Gasteiger partial charge in [-0.15, -0.1) is 0 Å². The zero-order chi connectivity index (χ0) is 27.1. The number of hydrazone groups is 1. The van der Waals surface area contributed by atoms with Crippen molar-refractivity contribution in [3.05, 3.63) is 52.5 Å². The Morgan fingerprint density at radius 1 is 1.08 bits per heavy atom. The molecule has 1 heterocycles. The van der Waals surface area contributed by atoms with Crippen LogP contribution in [0.1, 0.15) is 52.8 Å². The minimum absolute atomic E-state index is 0.0674. The lowest BCUT2D eigenvalue weighted by molar-refractivity contribution is -0.344. The maximum atomic E-state index is 13.6. The summed E-state index contributed by atoms with van der Waals surface area (Å²) in [6.45, 7) is 5.38. The number of carbonyl (C=O) groups excluding carboxylic acids is 2. The van der Waals surface area contributed by atoms with Crippen molar-refractivity contribution in [3.63, 3.8) is 0 Å². The molecule has 0 radical (unpaired) electrons. The van der Waals surface area contributed by atoms with E-state index in [-0.39, 0.29) is 41.3 Å². The van der Waals surface area contributed by atoms with Gasteiger partial charge in [0.15, 0.2) is 5.76 Å². The Kier molecular flexibility index (Phi) is 7.24. The van der Waals surface area contributed by atoms with E-state index in [1.165, 1.54) is 11.8 Å². The lowest BCUT2D eigenvalue weighted by atomic mass is 9.93. The van der Waals surface area contributed by atoms with Crippen LogP contribution in [0.2, 0.25) is 0 Å². The molecule has 0 fully saturated rings. The maximum Gasteiger partial charge on any atom is 0.460 e. The van der Waals surface area contributed by atoms with Crippen molar-refractivity contribution in [3.8, 4) is 0 Å². The number of aryl methyl sites for hydroxylation is 2. The average Bonchev–Trinajstić information content (AvgIpc) is 3.14. The van der Waals surface area contributed by atoms with Crippen LogP contribution in [0.5, 0.6) is 0 Å². The van der Waals surface area contributed by atoms with Crippen LogP contribution in [0.4, 0.5) is 36.4 Å². The van der Waals surface area contributed by atoms with Crippen LogP contribution >= 0.6 is 0 Å². The third-order valence-electron chi connectivity index (χ3n) is 5.72. The van der Waals surface area contributed by atoms with Crippen LogP contribution in [0.25, 0.3) is 0 Å². The van der Waals surface area contributed by atoms with Gasteiger partial charge < -0.3 is 9.32 Å². The molecule has 1 aliphatic carbocycles. The molecule has 3 rings (SSSR count). The van der Waals surface area contributed by atoms with Gasteiger partial charge >= 0.3 is 23.9 Å². The summed E-state index contributed by atoms with van der Waals surface area (Å²) in [6, 6.07) is 7.14. The van der Waals surface area contributed by atoms with Gasteiger partial charge in [-0.25, -0.2) is 5.43 Å². The molecule has 2 amide bonds. The number of halogens is 7. The summed E-state index contributed by atoms with van der Waals surface area (Å²) in [5, 5.41) is 3.41. The number of nitrogens with one attached hydrogen (secondary N) is 1. The van der Waals surface area contributed by atoms with Gasteiger partial charge in [0.2, 0.25) is 0 Å². The Hall–Kier alpha value is -3.38. The average molecular weight is 521 g/mol. The number of carbonyl (C=O) groups is 2. The van der Waals surface area contributed by atoms with Crippen molar-refractivity contribution < 1.29 is 44.7 Å². The summed E-state index contributed by atoms with van der Waals surface area (Å²) in [6.07, 6.45) is -5.92. The molecule has 1 aromatic carbocycles. The quantitative estimate of drug-likeness (QED) is 0.400. The van der Waals surface area contributed by atoms with Crippen molar-refractivity contribution in [2.24, 2.45) is 5.10 Å². The number of hydrogen-bond acceptors (Lipinski definition) is 4. The minimum Gasteiger partial charge on any atom is -0.455 e. The lowest BCUT2D eigenvalue weighted by Gasteiger charge is -2.26. The van der Waals surface area contributed by atoms with Crippen molar-refractivity contribution in [1.82, 2.24) is 5.43 Å². The molecule has 0 bridgehead atoms. The number of nitrogens with zero attached hydrogens (tertiary/aromatic N) is 2. The third kappa shape index (κ3) is 4.70. The lowest BCUT2D eigenvalue weighted by Crippen LogP contribution is -2.58. The number of hydrogen-bond donors (Lipinski definition) is 1. The summed E-state index contributed by atoms with van der Waals surface area (Å²) in [5.74, 6) is -15.9. The predicted molar refractivity (Wildman–Crippen MR) is 116 cm³/mol. The smallest absolute Gasteiger partial charge is 0.455 e. The zero-order valence-corrected chi connectivity index (χ0v) is 19.4. The van der Waals surface area contributed by atoms with E-state index in [0.717, 1.165) is 11.0 Å². The van der Waals surface area contributed by atoms with Crippen molar-refractivity contribution >= 4 is 23.2 Å². The van der Waals surface area contributed by atoms with Crippen LogP contribution < -0.4 is 10.3 Å². The van der Waals surface area contributed by atoms with Gasteiger partial charge in [0.25, 0.3) is 5.91 Å². The molecule has 0 aliphatic heterocycles. The van der Waals surface area contributed by atoms with Gasteiger partial charge in [0.05, 0.1) is 5.71 Å². The molecule has 0 saturated carbocycles. The number of fused-ring (bicyclic) bond motifs is 1. The van der Waals surface area contributed by atoms with E-state index in [1.807, 2.05) is 13.0 Å². The number of furan rings is 1. The van der Waals surface area contributed by atoms with Gasteiger partial charge in [-0.3, -0.25) is 9.59 Å². The first kappa shape index (κ1) is 27.2. The maximum absolute atomic E-state index is 13.6. The third-order valence-corrected chi connectivity index (χ3v) is 5.72. The number of alkyl halides is 7. The van der Waals surface area contributed by atoms with Gasteiger partial charge in [0, 0.05) is 29.8 Å². The first-order chi connectivity index (χ1) is 16.6. The Morgan fingerprint density at radius 3 is 2.33 bits per heavy atom. The molecule has 0 unspecified atom stereocenters. The highest BCUT2D eigenvalue weighted by Gasteiger charge is 2.76. The van der Waals surface area contributed by atoms with E-state index in [1.54, 1.807) is 25.1 Å². The molecule has 6 nitrogen and oxygen atoms in total. The second kappa shape index (κ2) is 9.58. The fraction of sp³-hybridized carbons (Fsp3) is 0.435. The molecule has 0 atom stereocenters. The molecule has 36 heavy (non-hydrogen) atoms. The van der Waals surface area contributed by atoms with E-state index >= 15 is 0 Å². The molecule has 196 valence electrons. The Morgan fingerprint density at radius 2 is 1.75 bits per heavy atom. The summed E-state index contributed by atoms with van der Waals surface area (Å²) >= 11 is 0. The first-order valence-corrected chi connectivity index (χ1v) is 10.8. The van der Waals surface area contributed by atoms with Crippen LogP contribution in [0.15, 0.2) is 33.8 Å². The van der Waals surface area contributed by atoms with Crippen molar-refractivity contribution in [2.75, 3.05) is 11.4 Å². The molecule has 1 N–H and O–H groups in total. The topological polar surface area (TPSA) is 74.9 Å². The van der Waals surface area contributed by atoms with E-state index in [2.05, 4.69) is 5.10 Å². The largest absolute Gasteiger partial charge is 0.460 e. The molecular formula is C23H22F7N3O3. The Balaban J connectivity index is 1.92. The highest BCUT2D eigenvalue weighted by Crippen LogP contribution is 2.46. The van der Waals surface area contributed by atoms with E-state index in [0.29, 0.717) is 18.5 Å². The SMILES string of the molecule is CCN(C(=O)c1oc2c(c1C)/C(=N/NC(=O)C(F)(F)C(F)(F)C(F)(F)F)CCC2)c1cccc(C)c1. The van der Waals surface area contributed by atoms with Crippen LogP contribution in [-0.2, 0) is 11.2 Å². The monoisotopic (exact) mass is 521 g/mol. The van der Waals surface area contributed by atoms with Crippen molar-refractivity contribution in [2.45, 2.75) is 58.1 Å². The molecule has 1 aliphatic rings. The highest BCUT2D eigenvalue weighted by atomic mass is 19.4. The normalized spacial score (nSPS) is 15.6. The molecule has 1 aromatic heterocycles. The predicted octanol–water partition coefficient (Wildman–Crippen LogP) is 5.55. The van der Waals surface area contributed by atoms with E-state index in [9.17, 15) is 40.3 Å². The van der Waals surface area contributed by atoms with Crippen molar-refractivity contribution in [1.29, 1.82) is 0 Å². The minimum atomic E-state index is -6.65. The van der Waals surface area contributed by atoms with Gasteiger partial charge in [-0.1, -0.05) is 12.1 Å². The molecule has 0 spiro atoms. The van der Waals surface area contributed by atoms with Gasteiger partial charge in [0.1, 0.15) is 5.76 Å². The first-order valence-electron chi connectivity index (χ1n) is 10.8.